The molecular formula is C15H21N3O4S. The number of nitrogens with one attached hydrogen (secondary N) is 2. The van der Waals surface area contributed by atoms with Gasteiger partial charge < -0.3 is 15.4 Å². The zero-order valence-corrected chi connectivity index (χ0v) is 13.8. The van der Waals surface area contributed by atoms with Crippen LogP contribution in [0, 0.1) is 0 Å². The van der Waals surface area contributed by atoms with Crippen LogP contribution in [0.4, 0.5) is 4.79 Å². The van der Waals surface area contributed by atoms with E-state index in [2.05, 4.69) is 10.6 Å². The summed E-state index contributed by atoms with van der Waals surface area (Å²) >= 11 is 0. The van der Waals surface area contributed by atoms with E-state index >= 15 is 0 Å². The molecule has 2 amide bonds. The lowest BCUT2D eigenvalue weighted by Crippen LogP contribution is -2.49. The van der Waals surface area contributed by atoms with E-state index in [1.165, 1.54) is 10.6 Å². The highest BCUT2D eigenvalue weighted by Crippen LogP contribution is 2.31. The maximum Gasteiger partial charge on any atom is 0.315 e. The van der Waals surface area contributed by atoms with Crippen LogP contribution in [0.3, 0.4) is 0 Å². The lowest BCUT2D eigenvalue weighted by atomic mass is 10.1. The molecule has 1 aromatic carbocycles. The summed E-state index contributed by atoms with van der Waals surface area (Å²) in [6.45, 7) is 1.32. The molecule has 23 heavy (non-hydrogen) atoms. The Morgan fingerprint density at radius 3 is 2.61 bits per heavy atom. The van der Waals surface area contributed by atoms with E-state index in [9.17, 15) is 13.2 Å². The van der Waals surface area contributed by atoms with E-state index in [-0.39, 0.29) is 18.1 Å². The maximum atomic E-state index is 12.1. The molecule has 2 N–H and O–H groups in total. The fourth-order valence-corrected chi connectivity index (χ4v) is 3.87. The van der Waals surface area contributed by atoms with Crippen molar-refractivity contribution < 1.29 is 17.9 Å². The molecule has 0 spiro atoms. The van der Waals surface area contributed by atoms with E-state index in [1.54, 1.807) is 0 Å². The Hall–Kier alpha value is -1.80. The summed E-state index contributed by atoms with van der Waals surface area (Å²) in [5, 5.41) is 5.84. The van der Waals surface area contributed by atoms with Crippen molar-refractivity contribution in [2.24, 2.45) is 0 Å². The molecule has 0 radical (unpaired) electrons. The van der Waals surface area contributed by atoms with E-state index in [0.29, 0.717) is 32.5 Å². The first-order chi connectivity index (χ1) is 10.9. The highest BCUT2D eigenvalue weighted by atomic mass is 32.2. The monoisotopic (exact) mass is 339 g/mol. The number of hydrogen-bond donors (Lipinski definition) is 2. The molecule has 0 aliphatic carbocycles. The van der Waals surface area contributed by atoms with Crippen molar-refractivity contribution in [1.29, 1.82) is 0 Å². The van der Waals surface area contributed by atoms with Crippen molar-refractivity contribution in [3.05, 3.63) is 29.8 Å². The van der Waals surface area contributed by atoms with Crippen molar-refractivity contribution in [3.63, 3.8) is 0 Å². The van der Waals surface area contributed by atoms with Gasteiger partial charge in [-0.25, -0.2) is 17.5 Å². The quantitative estimate of drug-likeness (QED) is 0.854. The summed E-state index contributed by atoms with van der Waals surface area (Å²) in [4.78, 5) is 12.1. The van der Waals surface area contributed by atoms with Gasteiger partial charge in [-0.15, -0.1) is 0 Å². The number of carbonyl (C=O) groups is 1. The Morgan fingerprint density at radius 2 is 1.91 bits per heavy atom. The SMILES string of the molecule is CS(=O)(=O)N1CCC(NC(=O)NC2COc3ccccc32)CC1. The summed E-state index contributed by atoms with van der Waals surface area (Å²) in [6, 6.07) is 7.24. The normalized spacial score (nSPS) is 22.2. The van der Waals surface area contributed by atoms with Crippen LogP contribution in [0.2, 0.25) is 0 Å². The third-order valence-corrected chi connectivity index (χ3v) is 5.57. The number of sulfonamides is 1. The number of amides is 2. The molecule has 0 saturated carbocycles. The number of fused-ring (bicyclic) bond motifs is 1. The summed E-state index contributed by atoms with van der Waals surface area (Å²) < 4.78 is 29.9. The molecule has 2 aliphatic rings. The highest BCUT2D eigenvalue weighted by molar-refractivity contribution is 7.88. The highest BCUT2D eigenvalue weighted by Gasteiger charge is 2.28. The second kappa shape index (κ2) is 6.37. The number of urea groups is 1. The fourth-order valence-electron chi connectivity index (χ4n) is 3.00. The molecule has 0 bridgehead atoms. The maximum absolute atomic E-state index is 12.1. The zero-order valence-electron chi connectivity index (χ0n) is 13.0. The number of piperidine rings is 1. The molecule has 7 nitrogen and oxygen atoms in total. The molecule has 1 unspecified atom stereocenters. The van der Waals surface area contributed by atoms with E-state index in [1.807, 2.05) is 24.3 Å². The van der Waals surface area contributed by atoms with Crippen molar-refractivity contribution in [2.45, 2.75) is 24.9 Å². The molecule has 0 aromatic heterocycles. The predicted molar refractivity (Wildman–Crippen MR) is 85.8 cm³/mol. The van der Waals surface area contributed by atoms with Crippen LogP contribution >= 0.6 is 0 Å². The number of para-hydroxylation sites is 1. The molecule has 1 aromatic rings. The van der Waals surface area contributed by atoms with Crippen LogP contribution in [0.1, 0.15) is 24.4 Å². The Labute approximate surface area is 136 Å². The number of nitrogens with zero attached hydrogens (tertiary/aromatic N) is 1. The Kier molecular flexibility index (Phi) is 4.45. The second-order valence-electron chi connectivity index (χ2n) is 5.96. The first-order valence-electron chi connectivity index (χ1n) is 7.67. The van der Waals surface area contributed by atoms with Crippen molar-refractivity contribution in [2.75, 3.05) is 26.0 Å². The number of ether oxygens (including phenoxy) is 1. The lowest BCUT2D eigenvalue weighted by Gasteiger charge is -2.30. The minimum Gasteiger partial charge on any atom is -0.491 e. The van der Waals surface area contributed by atoms with Crippen LogP contribution in [0.15, 0.2) is 24.3 Å². The van der Waals surface area contributed by atoms with Crippen LogP contribution in [0.5, 0.6) is 5.75 Å². The molecule has 1 saturated heterocycles. The van der Waals surface area contributed by atoms with Crippen molar-refractivity contribution >= 4 is 16.1 Å². The Balaban J connectivity index is 1.50. The standard InChI is InChI=1S/C15H21N3O4S/c1-23(20,21)18-8-6-11(7-9-18)16-15(19)17-13-10-22-14-5-3-2-4-12(13)14/h2-5,11,13H,6-10H2,1H3,(H2,16,17,19). The third-order valence-electron chi connectivity index (χ3n) is 4.26. The van der Waals surface area contributed by atoms with Crippen molar-refractivity contribution in [1.82, 2.24) is 14.9 Å². The van der Waals surface area contributed by atoms with Crippen LogP contribution in [0.25, 0.3) is 0 Å². The van der Waals surface area contributed by atoms with Gasteiger partial charge in [0.25, 0.3) is 0 Å². The predicted octanol–water partition coefficient (Wildman–Crippen LogP) is 0.843. The summed E-state index contributed by atoms with van der Waals surface area (Å²) in [7, 11) is -3.14. The first kappa shape index (κ1) is 16.1. The van der Waals surface area contributed by atoms with Gasteiger partial charge in [-0.2, -0.15) is 0 Å². The van der Waals surface area contributed by atoms with Crippen LogP contribution in [-0.4, -0.2) is 50.7 Å². The topological polar surface area (TPSA) is 87.7 Å². The first-order valence-corrected chi connectivity index (χ1v) is 9.52. The van der Waals surface area contributed by atoms with Gasteiger partial charge in [0.15, 0.2) is 0 Å². The number of benzene rings is 1. The van der Waals surface area contributed by atoms with Gasteiger partial charge in [0.05, 0.1) is 12.3 Å². The Bertz CT molecular complexity index is 684. The number of hydrogen-bond acceptors (Lipinski definition) is 4. The van der Waals surface area contributed by atoms with E-state index < -0.39 is 10.0 Å². The van der Waals surface area contributed by atoms with Gasteiger partial charge in [-0.05, 0) is 18.9 Å². The van der Waals surface area contributed by atoms with Gasteiger partial charge in [0.1, 0.15) is 12.4 Å². The largest absolute Gasteiger partial charge is 0.491 e. The molecule has 126 valence electrons. The minimum atomic E-state index is -3.14. The van der Waals surface area contributed by atoms with Crippen LogP contribution in [-0.2, 0) is 10.0 Å². The fraction of sp³-hybridized carbons (Fsp3) is 0.533. The third kappa shape index (κ3) is 3.76. The molecule has 1 atom stereocenters. The van der Waals surface area contributed by atoms with Gasteiger partial charge in [0, 0.05) is 24.7 Å². The lowest BCUT2D eigenvalue weighted by molar-refractivity contribution is 0.220. The van der Waals surface area contributed by atoms with Gasteiger partial charge in [-0.3, -0.25) is 0 Å². The summed E-state index contributed by atoms with van der Waals surface area (Å²) in [5.74, 6) is 0.805. The number of rotatable bonds is 3. The molecule has 2 aliphatic heterocycles. The average Bonchev–Trinajstić information content (AvgIpc) is 2.90. The molecule has 1 fully saturated rings. The summed E-state index contributed by atoms with van der Waals surface area (Å²) in [5.41, 5.74) is 0.981. The average molecular weight is 339 g/mol. The van der Waals surface area contributed by atoms with Gasteiger partial charge >= 0.3 is 6.03 Å². The van der Waals surface area contributed by atoms with Crippen LogP contribution < -0.4 is 15.4 Å². The van der Waals surface area contributed by atoms with Crippen molar-refractivity contribution in [3.8, 4) is 5.75 Å². The molecule has 2 heterocycles. The number of carbonyl (C=O) groups excluding carboxylic acids is 1. The second-order valence-corrected chi connectivity index (χ2v) is 7.94. The minimum absolute atomic E-state index is 0.00874. The van der Waals surface area contributed by atoms with Gasteiger partial charge in [0.2, 0.25) is 10.0 Å². The van der Waals surface area contributed by atoms with E-state index in [4.69, 9.17) is 4.74 Å². The zero-order chi connectivity index (χ0) is 16.4. The Morgan fingerprint density at radius 1 is 1.22 bits per heavy atom. The smallest absolute Gasteiger partial charge is 0.315 e. The molecular weight excluding hydrogens is 318 g/mol. The van der Waals surface area contributed by atoms with Gasteiger partial charge in [-0.1, -0.05) is 18.2 Å². The summed E-state index contributed by atoms with van der Waals surface area (Å²) in [6.07, 6.45) is 2.46. The molecule has 8 heteroatoms. The molecule has 3 rings (SSSR count). The van der Waals surface area contributed by atoms with E-state index in [0.717, 1.165) is 11.3 Å².